The first-order chi connectivity index (χ1) is 5.32. The molecule has 0 aromatic heterocycles. The molecule has 1 heterocycles. The molecule has 1 heteroatoms. The first-order valence-electron chi connectivity index (χ1n) is 4.75. The molecular formula is C10H15N. The lowest BCUT2D eigenvalue weighted by Crippen LogP contribution is -2.32. The SMILES string of the molecule is C[C@]12CCC[C@@H]3NC=C[C@H]1[C@@H]32. The van der Waals surface area contributed by atoms with Crippen molar-refractivity contribution < 1.29 is 0 Å². The third kappa shape index (κ3) is 0.582. The summed E-state index contributed by atoms with van der Waals surface area (Å²) in [6, 6.07) is 0.823. The lowest BCUT2D eigenvalue weighted by atomic mass is 9.87. The number of fused-ring (bicyclic) bond motifs is 1. The minimum Gasteiger partial charge on any atom is -0.388 e. The fraction of sp³-hybridized carbons (Fsp3) is 0.800. The minimum absolute atomic E-state index is 0.697. The van der Waals surface area contributed by atoms with Gasteiger partial charge in [-0.05, 0) is 36.3 Å². The normalized spacial score (nSPS) is 58.1. The average molecular weight is 149 g/mol. The first kappa shape index (κ1) is 6.10. The molecule has 2 fully saturated rings. The molecule has 0 spiro atoms. The van der Waals surface area contributed by atoms with Crippen molar-refractivity contribution in [1.29, 1.82) is 0 Å². The van der Waals surface area contributed by atoms with E-state index >= 15 is 0 Å². The molecule has 60 valence electrons. The van der Waals surface area contributed by atoms with Crippen LogP contribution in [0.2, 0.25) is 0 Å². The van der Waals surface area contributed by atoms with E-state index < -0.39 is 0 Å². The summed E-state index contributed by atoms with van der Waals surface area (Å²) >= 11 is 0. The summed E-state index contributed by atoms with van der Waals surface area (Å²) in [5.41, 5.74) is 0.697. The van der Waals surface area contributed by atoms with Crippen molar-refractivity contribution in [3.8, 4) is 0 Å². The topological polar surface area (TPSA) is 12.0 Å². The second-order valence-electron chi connectivity index (χ2n) is 4.58. The predicted molar refractivity (Wildman–Crippen MR) is 45.0 cm³/mol. The third-order valence-electron chi connectivity index (χ3n) is 4.08. The lowest BCUT2D eigenvalue weighted by molar-refractivity contribution is 0.308. The summed E-state index contributed by atoms with van der Waals surface area (Å²) in [6.07, 6.45) is 8.86. The van der Waals surface area contributed by atoms with Crippen LogP contribution in [0.1, 0.15) is 26.2 Å². The molecule has 1 nitrogen and oxygen atoms in total. The van der Waals surface area contributed by atoms with E-state index in [-0.39, 0.29) is 0 Å². The molecule has 3 rings (SSSR count). The van der Waals surface area contributed by atoms with Crippen LogP contribution < -0.4 is 5.32 Å². The molecule has 0 bridgehead atoms. The first-order valence-corrected chi connectivity index (χ1v) is 4.75. The maximum Gasteiger partial charge on any atom is 0.0295 e. The monoisotopic (exact) mass is 149 g/mol. The van der Waals surface area contributed by atoms with Gasteiger partial charge in [-0.15, -0.1) is 0 Å². The van der Waals surface area contributed by atoms with Crippen molar-refractivity contribution >= 4 is 0 Å². The van der Waals surface area contributed by atoms with E-state index in [4.69, 9.17) is 0 Å². The largest absolute Gasteiger partial charge is 0.388 e. The maximum atomic E-state index is 3.49. The summed E-state index contributed by atoms with van der Waals surface area (Å²) in [5, 5.41) is 3.49. The minimum atomic E-state index is 0.697. The molecule has 0 saturated heterocycles. The van der Waals surface area contributed by atoms with E-state index in [2.05, 4.69) is 24.5 Å². The summed E-state index contributed by atoms with van der Waals surface area (Å²) in [4.78, 5) is 0. The molecule has 0 unspecified atom stereocenters. The van der Waals surface area contributed by atoms with Gasteiger partial charge in [-0.1, -0.05) is 19.4 Å². The summed E-state index contributed by atoms with van der Waals surface area (Å²) in [5.74, 6) is 1.91. The molecule has 4 atom stereocenters. The number of allylic oxidation sites excluding steroid dienone is 1. The zero-order valence-electron chi connectivity index (χ0n) is 7.01. The zero-order valence-corrected chi connectivity index (χ0v) is 7.01. The highest BCUT2D eigenvalue weighted by Gasteiger charge is 2.64. The van der Waals surface area contributed by atoms with Gasteiger partial charge in [0.1, 0.15) is 0 Å². The Labute approximate surface area is 67.9 Å². The van der Waals surface area contributed by atoms with Gasteiger partial charge in [0.05, 0.1) is 0 Å². The highest BCUT2D eigenvalue weighted by molar-refractivity contribution is 5.24. The van der Waals surface area contributed by atoms with Gasteiger partial charge in [-0.25, -0.2) is 0 Å². The van der Waals surface area contributed by atoms with Crippen molar-refractivity contribution in [2.24, 2.45) is 17.3 Å². The van der Waals surface area contributed by atoms with E-state index in [1.807, 2.05) is 0 Å². The Morgan fingerprint density at radius 3 is 3.27 bits per heavy atom. The molecule has 1 N–H and O–H groups in total. The second-order valence-corrected chi connectivity index (χ2v) is 4.58. The Kier molecular flexibility index (Phi) is 0.915. The van der Waals surface area contributed by atoms with E-state index in [1.165, 1.54) is 19.3 Å². The van der Waals surface area contributed by atoms with Gasteiger partial charge >= 0.3 is 0 Å². The Morgan fingerprint density at radius 1 is 1.55 bits per heavy atom. The van der Waals surface area contributed by atoms with E-state index in [0.717, 1.165) is 17.9 Å². The highest BCUT2D eigenvalue weighted by atomic mass is 15.0. The second kappa shape index (κ2) is 1.65. The number of hydrogen-bond donors (Lipinski definition) is 1. The Morgan fingerprint density at radius 2 is 2.45 bits per heavy atom. The molecule has 0 aromatic rings. The van der Waals surface area contributed by atoms with Crippen LogP contribution in [0.15, 0.2) is 12.3 Å². The number of hydrogen-bond acceptors (Lipinski definition) is 1. The van der Waals surface area contributed by atoms with E-state index in [9.17, 15) is 0 Å². The van der Waals surface area contributed by atoms with Crippen LogP contribution in [0.3, 0.4) is 0 Å². The highest BCUT2D eigenvalue weighted by Crippen LogP contribution is 2.67. The van der Waals surface area contributed by atoms with Crippen molar-refractivity contribution in [1.82, 2.24) is 5.32 Å². The third-order valence-corrected chi connectivity index (χ3v) is 4.08. The standard InChI is InChI=1S/C10H15N/c1-10-5-2-3-8-9(10)7(10)4-6-11-8/h4,6-9,11H,2-3,5H2,1H3/t7-,8-,9-,10-/m0/s1. The molecule has 2 aliphatic carbocycles. The van der Waals surface area contributed by atoms with Gasteiger partial charge < -0.3 is 5.32 Å². The van der Waals surface area contributed by atoms with Crippen LogP contribution in [-0.4, -0.2) is 6.04 Å². The van der Waals surface area contributed by atoms with Crippen LogP contribution in [0, 0.1) is 17.3 Å². The Bertz CT molecular complexity index is 221. The number of nitrogens with one attached hydrogen (secondary N) is 1. The van der Waals surface area contributed by atoms with Crippen molar-refractivity contribution in [2.45, 2.75) is 32.2 Å². The van der Waals surface area contributed by atoms with E-state index in [1.54, 1.807) is 0 Å². The number of rotatable bonds is 0. The summed E-state index contributed by atoms with van der Waals surface area (Å²) in [7, 11) is 0. The van der Waals surface area contributed by atoms with Gasteiger partial charge in [-0.3, -0.25) is 0 Å². The molecule has 11 heavy (non-hydrogen) atoms. The lowest BCUT2D eigenvalue weighted by Gasteiger charge is -2.26. The molecular weight excluding hydrogens is 134 g/mol. The maximum absolute atomic E-state index is 3.49. The van der Waals surface area contributed by atoms with Crippen LogP contribution >= 0.6 is 0 Å². The van der Waals surface area contributed by atoms with Gasteiger partial charge in [0.15, 0.2) is 0 Å². The molecule has 3 aliphatic rings. The Balaban J connectivity index is 1.98. The van der Waals surface area contributed by atoms with Crippen molar-refractivity contribution in [3.63, 3.8) is 0 Å². The summed E-state index contributed by atoms with van der Waals surface area (Å²) < 4.78 is 0. The Hall–Kier alpha value is -0.460. The summed E-state index contributed by atoms with van der Waals surface area (Å²) in [6.45, 7) is 2.46. The van der Waals surface area contributed by atoms with Crippen molar-refractivity contribution in [2.75, 3.05) is 0 Å². The fourth-order valence-electron chi connectivity index (χ4n) is 3.37. The van der Waals surface area contributed by atoms with E-state index in [0.29, 0.717) is 5.41 Å². The average Bonchev–Trinajstić information content (AvgIpc) is 2.61. The van der Waals surface area contributed by atoms with Gasteiger partial charge in [0.25, 0.3) is 0 Å². The molecule has 0 aromatic carbocycles. The van der Waals surface area contributed by atoms with Crippen molar-refractivity contribution in [3.05, 3.63) is 12.3 Å². The smallest absolute Gasteiger partial charge is 0.0295 e. The zero-order chi connectivity index (χ0) is 7.47. The van der Waals surface area contributed by atoms with Crippen LogP contribution in [-0.2, 0) is 0 Å². The van der Waals surface area contributed by atoms with Gasteiger partial charge in [0.2, 0.25) is 0 Å². The van der Waals surface area contributed by atoms with Crippen LogP contribution in [0.4, 0.5) is 0 Å². The van der Waals surface area contributed by atoms with Gasteiger partial charge in [-0.2, -0.15) is 0 Å². The quantitative estimate of drug-likeness (QED) is 0.554. The fourth-order valence-corrected chi connectivity index (χ4v) is 3.37. The predicted octanol–water partition coefficient (Wildman–Crippen LogP) is 1.91. The van der Waals surface area contributed by atoms with Gasteiger partial charge in [0, 0.05) is 6.04 Å². The van der Waals surface area contributed by atoms with Crippen LogP contribution in [0.25, 0.3) is 0 Å². The molecule has 2 saturated carbocycles. The molecule has 0 amide bonds. The molecule has 0 radical (unpaired) electrons. The molecule has 1 aliphatic heterocycles. The van der Waals surface area contributed by atoms with Crippen LogP contribution in [0.5, 0.6) is 0 Å².